The second-order valence-electron chi connectivity index (χ2n) is 7.05. The molecule has 2 aromatic carbocycles. The lowest BCUT2D eigenvalue weighted by Crippen LogP contribution is -2.25. The molecule has 3 rings (SSSR count). The molecule has 0 saturated carbocycles. The van der Waals surface area contributed by atoms with Crippen molar-refractivity contribution >= 4 is 5.91 Å². The molecule has 30 heavy (non-hydrogen) atoms. The van der Waals surface area contributed by atoms with Gasteiger partial charge in [0, 0.05) is 30.9 Å². The number of ether oxygens (including phenoxy) is 2. The molecule has 0 bridgehead atoms. The summed E-state index contributed by atoms with van der Waals surface area (Å²) in [6.07, 6.45) is 3.03. The Kier molecular flexibility index (Phi) is 8.03. The number of aromatic amines is 1. The number of benzene rings is 2. The molecular formula is C24H29N3O3. The number of nitrogens with zero attached hydrogens (tertiary/aromatic N) is 1. The highest BCUT2D eigenvalue weighted by Crippen LogP contribution is 2.26. The maximum atomic E-state index is 12.3. The highest BCUT2D eigenvalue weighted by molar-refractivity contribution is 5.94. The first-order valence-corrected chi connectivity index (χ1v) is 10.4. The highest BCUT2D eigenvalue weighted by atomic mass is 16.5. The van der Waals surface area contributed by atoms with Crippen molar-refractivity contribution < 1.29 is 14.3 Å². The van der Waals surface area contributed by atoms with Gasteiger partial charge in [0.2, 0.25) is 0 Å². The fourth-order valence-electron chi connectivity index (χ4n) is 3.03. The quantitative estimate of drug-likeness (QED) is 0.452. The van der Waals surface area contributed by atoms with Gasteiger partial charge in [0.25, 0.3) is 5.91 Å². The Hall–Kier alpha value is -3.12. The molecule has 3 aromatic rings. The van der Waals surface area contributed by atoms with Crippen molar-refractivity contribution in [1.29, 1.82) is 0 Å². The van der Waals surface area contributed by atoms with Gasteiger partial charge in [-0.1, -0.05) is 37.6 Å². The largest absolute Gasteiger partial charge is 0.497 e. The number of carbonyl (C=O) groups is 1. The Labute approximate surface area is 177 Å². The van der Waals surface area contributed by atoms with E-state index in [-0.39, 0.29) is 5.91 Å². The topological polar surface area (TPSA) is 76.2 Å². The summed E-state index contributed by atoms with van der Waals surface area (Å²) in [6, 6.07) is 17.3. The van der Waals surface area contributed by atoms with E-state index in [2.05, 4.69) is 22.4 Å². The third kappa shape index (κ3) is 5.94. The predicted molar refractivity (Wildman–Crippen MR) is 119 cm³/mol. The normalized spacial score (nSPS) is 10.7. The zero-order valence-electron chi connectivity index (χ0n) is 17.6. The maximum Gasteiger partial charge on any atom is 0.251 e. The number of unbranched alkanes of at least 4 members (excludes halogenated alkanes) is 1. The molecule has 0 aliphatic rings. The van der Waals surface area contributed by atoms with E-state index in [9.17, 15) is 4.79 Å². The first-order valence-electron chi connectivity index (χ1n) is 10.4. The molecular weight excluding hydrogens is 378 g/mol. The van der Waals surface area contributed by atoms with Crippen LogP contribution in [0.25, 0.3) is 22.5 Å². The van der Waals surface area contributed by atoms with Crippen LogP contribution >= 0.6 is 0 Å². The summed E-state index contributed by atoms with van der Waals surface area (Å²) in [5.41, 5.74) is 4.32. The number of rotatable bonds is 11. The Morgan fingerprint density at radius 2 is 1.83 bits per heavy atom. The van der Waals surface area contributed by atoms with E-state index in [1.165, 1.54) is 0 Å². The van der Waals surface area contributed by atoms with Crippen LogP contribution in [-0.2, 0) is 4.74 Å². The van der Waals surface area contributed by atoms with Crippen LogP contribution in [0.1, 0.15) is 36.5 Å². The summed E-state index contributed by atoms with van der Waals surface area (Å²) in [5, 5.41) is 10.4. The van der Waals surface area contributed by atoms with Gasteiger partial charge in [-0.15, -0.1) is 0 Å². The standard InChI is InChI=1S/C24H29N3O3/c1-3-4-14-30-15-6-13-25-24(28)19-11-9-18(10-12-19)22-17-23(27-26-22)20-7-5-8-21(16-20)29-2/h5,7-12,16-17H,3-4,6,13-15H2,1-2H3,(H,25,28)(H,26,27). The van der Waals surface area contributed by atoms with Crippen LogP contribution in [-0.4, -0.2) is 43.0 Å². The van der Waals surface area contributed by atoms with Crippen LogP contribution in [0, 0.1) is 0 Å². The van der Waals surface area contributed by atoms with E-state index >= 15 is 0 Å². The molecule has 1 amide bonds. The van der Waals surface area contributed by atoms with Crippen LogP contribution < -0.4 is 10.1 Å². The molecule has 1 aromatic heterocycles. The van der Waals surface area contributed by atoms with Crippen molar-refractivity contribution in [1.82, 2.24) is 15.5 Å². The molecule has 1 heterocycles. The van der Waals surface area contributed by atoms with Crippen LogP contribution in [0.4, 0.5) is 0 Å². The number of hydrogen-bond acceptors (Lipinski definition) is 4. The number of hydrogen-bond donors (Lipinski definition) is 2. The van der Waals surface area contributed by atoms with Gasteiger partial charge in [0.05, 0.1) is 18.5 Å². The Bertz CT molecular complexity index is 935. The number of methoxy groups -OCH3 is 1. The number of H-pyrrole nitrogens is 1. The van der Waals surface area contributed by atoms with Crippen molar-refractivity contribution in [2.45, 2.75) is 26.2 Å². The molecule has 158 valence electrons. The van der Waals surface area contributed by atoms with E-state index in [0.29, 0.717) is 18.7 Å². The third-order valence-electron chi connectivity index (χ3n) is 4.79. The first kappa shape index (κ1) is 21.6. The average Bonchev–Trinajstić information content (AvgIpc) is 3.29. The Morgan fingerprint density at radius 1 is 1.03 bits per heavy atom. The lowest BCUT2D eigenvalue weighted by Gasteiger charge is -2.06. The predicted octanol–water partition coefficient (Wildman–Crippen LogP) is 4.69. The maximum absolute atomic E-state index is 12.3. The van der Waals surface area contributed by atoms with E-state index in [4.69, 9.17) is 9.47 Å². The summed E-state index contributed by atoms with van der Waals surface area (Å²) in [6.45, 7) is 4.21. The van der Waals surface area contributed by atoms with E-state index in [1.54, 1.807) is 7.11 Å². The molecule has 0 spiro atoms. The Balaban J connectivity index is 1.54. The summed E-state index contributed by atoms with van der Waals surface area (Å²) in [4.78, 5) is 12.3. The number of carbonyl (C=O) groups excluding carboxylic acids is 1. The van der Waals surface area contributed by atoms with Crippen molar-refractivity contribution in [2.24, 2.45) is 0 Å². The van der Waals surface area contributed by atoms with Crippen LogP contribution in [0.2, 0.25) is 0 Å². The van der Waals surface area contributed by atoms with Gasteiger partial charge in [-0.3, -0.25) is 9.89 Å². The second kappa shape index (κ2) is 11.2. The zero-order chi connectivity index (χ0) is 21.2. The summed E-state index contributed by atoms with van der Waals surface area (Å²) in [5.74, 6) is 0.719. The molecule has 0 fully saturated rings. The van der Waals surface area contributed by atoms with Gasteiger partial charge in [-0.05, 0) is 48.7 Å². The van der Waals surface area contributed by atoms with Gasteiger partial charge in [0.1, 0.15) is 5.75 Å². The van der Waals surface area contributed by atoms with Gasteiger partial charge in [-0.25, -0.2) is 0 Å². The number of nitrogens with one attached hydrogen (secondary N) is 2. The fourth-order valence-corrected chi connectivity index (χ4v) is 3.03. The molecule has 2 N–H and O–H groups in total. The van der Waals surface area contributed by atoms with Crippen LogP contribution in [0.5, 0.6) is 5.75 Å². The summed E-state index contributed by atoms with van der Waals surface area (Å²) >= 11 is 0. The molecule has 0 atom stereocenters. The summed E-state index contributed by atoms with van der Waals surface area (Å²) < 4.78 is 10.8. The molecule has 6 heteroatoms. The monoisotopic (exact) mass is 407 g/mol. The zero-order valence-corrected chi connectivity index (χ0v) is 17.6. The van der Waals surface area contributed by atoms with Crippen molar-refractivity contribution in [3.05, 3.63) is 60.2 Å². The van der Waals surface area contributed by atoms with E-state index < -0.39 is 0 Å². The van der Waals surface area contributed by atoms with Crippen LogP contribution in [0.15, 0.2) is 54.6 Å². The van der Waals surface area contributed by atoms with Gasteiger partial charge < -0.3 is 14.8 Å². The minimum atomic E-state index is -0.0724. The van der Waals surface area contributed by atoms with Crippen molar-refractivity contribution in [3.63, 3.8) is 0 Å². The summed E-state index contributed by atoms with van der Waals surface area (Å²) in [7, 11) is 1.65. The molecule has 0 saturated heterocycles. The van der Waals surface area contributed by atoms with Crippen LogP contribution in [0.3, 0.4) is 0 Å². The molecule has 0 aliphatic heterocycles. The van der Waals surface area contributed by atoms with E-state index in [0.717, 1.165) is 54.1 Å². The average molecular weight is 408 g/mol. The van der Waals surface area contributed by atoms with Gasteiger partial charge >= 0.3 is 0 Å². The van der Waals surface area contributed by atoms with Gasteiger partial charge in [-0.2, -0.15) is 5.10 Å². The molecule has 0 unspecified atom stereocenters. The molecule has 0 radical (unpaired) electrons. The Morgan fingerprint density at radius 3 is 2.60 bits per heavy atom. The minimum absolute atomic E-state index is 0.0724. The van der Waals surface area contributed by atoms with Crippen molar-refractivity contribution in [2.75, 3.05) is 26.9 Å². The SMILES string of the molecule is CCCCOCCCNC(=O)c1ccc(-c2cc(-c3cccc(OC)c3)n[nH]2)cc1. The smallest absolute Gasteiger partial charge is 0.251 e. The molecule has 0 aliphatic carbocycles. The minimum Gasteiger partial charge on any atom is -0.497 e. The lowest BCUT2D eigenvalue weighted by atomic mass is 10.1. The van der Waals surface area contributed by atoms with E-state index in [1.807, 2.05) is 54.6 Å². The van der Waals surface area contributed by atoms with Gasteiger partial charge in [0.15, 0.2) is 0 Å². The third-order valence-corrected chi connectivity index (χ3v) is 4.79. The first-order chi connectivity index (χ1) is 14.7. The fraction of sp³-hybridized carbons (Fsp3) is 0.333. The number of amides is 1. The number of aromatic nitrogens is 2. The lowest BCUT2D eigenvalue weighted by molar-refractivity contribution is 0.0940. The second-order valence-corrected chi connectivity index (χ2v) is 7.05. The molecule has 6 nitrogen and oxygen atoms in total. The highest BCUT2D eigenvalue weighted by Gasteiger charge is 2.09. The van der Waals surface area contributed by atoms with Crippen molar-refractivity contribution in [3.8, 4) is 28.3 Å².